The average Bonchev–Trinajstić information content (AvgIpc) is 2.78. The lowest BCUT2D eigenvalue weighted by molar-refractivity contribution is -0.578. The van der Waals surface area contributed by atoms with Gasteiger partial charge in [-0.1, -0.05) is 20.8 Å². The van der Waals surface area contributed by atoms with E-state index in [1.165, 1.54) is 6.42 Å². The highest BCUT2D eigenvalue weighted by atomic mass is 17.3. The van der Waals surface area contributed by atoms with E-state index >= 15 is 0 Å². The lowest BCUT2D eigenvalue weighted by atomic mass is 9.58. The molecule has 24 heavy (non-hydrogen) atoms. The van der Waals surface area contributed by atoms with E-state index in [1.54, 1.807) is 0 Å². The number of fused-ring (bicyclic) bond motifs is 2. The second-order valence-electron chi connectivity index (χ2n) is 8.63. The van der Waals surface area contributed by atoms with Gasteiger partial charge >= 0.3 is 0 Å². The fourth-order valence-corrected chi connectivity index (χ4v) is 5.35. The number of ether oxygens (including phenoxy) is 3. The van der Waals surface area contributed by atoms with E-state index in [9.17, 15) is 0 Å². The van der Waals surface area contributed by atoms with Crippen LogP contribution in [-0.4, -0.2) is 30.1 Å². The van der Waals surface area contributed by atoms with Gasteiger partial charge in [0.1, 0.15) is 0 Å². The van der Waals surface area contributed by atoms with Crippen LogP contribution >= 0.6 is 0 Å². The smallest absolute Gasteiger partial charge is 0.201 e. The van der Waals surface area contributed by atoms with Crippen molar-refractivity contribution >= 4 is 0 Å². The van der Waals surface area contributed by atoms with Crippen LogP contribution in [0.15, 0.2) is 0 Å². The average molecular weight is 340 g/mol. The summed E-state index contributed by atoms with van der Waals surface area (Å²) < 4.78 is 18.9. The van der Waals surface area contributed by atoms with Crippen LogP contribution < -0.4 is 0 Å². The number of hydrogen-bond acceptors (Lipinski definition) is 5. The maximum Gasteiger partial charge on any atom is 0.201 e. The summed E-state index contributed by atoms with van der Waals surface area (Å²) in [6.45, 7) is 10.8. The first kappa shape index (κ1) is 17.2. The maximum absolute atomic E-state index is 6.38. The Morgan fingerprint density at radius 2 is 1.92 bits per heavy atom. The van der Waals surface area contributed by atoms with E-state index < -0.39 is 17.7 Å². The van der Waals surface area contributed by atoms with Gasteiger partial charge in [0.15, 0.2) is 18.2 Å². The third-order valence-corrected chi connectivity index (χ3v) is 7.04. The van der Waals surface area contributed by atoms with E-state index in [0.717, 1.165) is 25.7 Å². The predicted octanol–water partition coefficient (Wildman–Crippen LogP) is 4.01. The van der Waals surface area contributed by atoms with Gasteiger partial charge in [0.2, 0.25) is 5.79 Å². The maximum atomic E-state index is 6.38. The SMILES string of the molecule is CCC(C)O[C@H]1O[C@@H]2O[C@@]3(C)CC[C@H]4[C@H](C)CC[C@@H]([C@H]1C)[C@@]24OO3. The number of rotatable bonds is 3. The summed E-state index contributed by atoms with van der Waals surface area (Å²) >= 11 is 0. The summed E-state index contributed by atoms with van der Waals surface area (Å²) in [5.74, 6) is 0.907. The van der Waals surface area contributed by atoms with Crippen LogP contribution in [0.25, 0.3) is 0 Å². The normalized spacial score (nSPS) is 54.9. The van der Waals surface area contributed by atoms with Gasteiger partial charge in [-0.2, -0.15) is 0 Å². The van der Waals surface area contributed by atoms with Crippen LogP contribution in [0.5, 0.6) is 0 Å². The number of hydrogen-bond donors (Lipinski definition) is 0. The molecule has 0 N–H and O–H groups in total. The third-order valence-electron chi connectivity index (χ3n) is 7.04. The Morgan fingerprint density at radius 1 is 1.12 bits per heavy atom. The third kappa shape index (κ3) is 2.39. The van der Waals surface area contributed by atoms with E-state index in [4.69, 9.17) is 24.0 Å². The van der Waals surface area contributed by atoms with Crippen molar-refractivity contribution in [1.29, 1.82) is 0 Å². The summed E-state index contributed by atoms with van der Waals surface area (Å²) in [5.41, 5.74) is -0.484. The Bertz CT molecular complexity index is 484. The van der Waals surface area contributed by atoms with Crippen molar-refractivity contribution in [3.05, 3.63) is 0 Å². The molecule has 1 aliphatic carbocycles. The van der Waals surface area contributed by atoms with Gasteiger partial charge in [0.25, 0.3) is 0 Å². The molecule has 0 aromatic carbocycles. The van der Waals surface area contributed by atoms with E-state index in [2.05, 4.69) is 27.7 Å². The molecule has 5 heteroatoms. The highest BCUT2D eigenvalue weighted by Gasteiger charge is 2.69. The molecule has 4 saturated heterocycles. The Balaban J connectivity index is 1.69. The van der Waals surface area contributed by atoms with Crippen LogP contribution in [0.2, 0.25) is 0 Å². The van der Waals surface area contributed by atoms with E-state index in [1.807, 2.05) is 6.92 Å². The topological polar surface area (TPSA) is 46.2 Å². The van der Waals surface area contributed by atoms with Crippen molar-refractivity contribution in [2.75, 3.05) is 0 Å². The molecule has 2 bridgehead atoms. The highest BCUT2D eigenvalue weighted by Crippen LogP contribution is 2.60. The van der Waals surface area contributed by atoms with Crippen LogP contribution in [0.3, 0.4) is 0 Å². The molecule has 9 atom stereocenters. The van der Waals surface area contributed by atoms with Crippen molar-refractivity contribution in [3.8, 4) is 0 Å². The zero-order valence-corrected chi connectivity index (χ0v) is 15.6. The summed E-state index contributed by atoms with van der Waals surface area (Å²) in [6, 6.07) is 0. The molecule has 5 rings (SSSR count). The van der Waals surface area contributed by atoms with E-state index in [0.29, 0.717) is 17.8 Å². The van der Waals surface area contributed by atoms with Crippen LogP contribution in [0.4, 0.5) is 0 Å². The Labute approximate surface area is 145 Å². The van der Waals surface area contributed by atoms with Gasteiger partial charge in [0.05, 0.1) is 6.10 Å². The minimum Gasteiger partial charge on any atom is -0.349 e. The standard InChI is InChI=1S/C19H32O5/c1-6-12(3)20-16-13(4)15-8-7-11(2)14-9-10-18(5)22-17(21-16)19(14,15)24-23-18/h11-17H,6-10H2,1-5H3/t11-,12?,13-,14+,15+,16+,17-,18-,19-/m1/s1. The van der Waals surface area contributed by atoms with Gasteiger partial charge in [-0.25, -0.2) is 9.78 Å². The first-order valence-corrected chi connectivity index (χ1v) is 9.75. The Kier molecular flexibility index (Phi) is 4.25. The fraction of sp³-hybridized carbons (Fsp3) is 1.00. The molecule has 0 aromatic rings. The van der Waals surface area contributed by atoms with Crippen LogP contribution in [0, 0.1) is 23.7 Å². The molecule has 0 aromatic heterocycles. The molecule has 5 nitrogen and oxygen atoms in total. The molecule has 4 heterocycles. The first-order chi connectivity index (χ1) is 11.4. The molecule has 5 fully saturated rings. The molecule has 1 unspecified atom stereocenters. The second kappa shape index (κ2) is 5.92. The zero-order valence-electron chi connectivity index (χ0n) is 15.6. The molecule has 1 spiro atoms. The van der Waals surface area contributed by atoms with Gasteiger partial charge in [-0.05, 0) is 51.4 Å². The van der Waals surface area contributed by atoms with Crippen molar-refractivity contribution < 1.29 is 24.0 Å². The summed E-state index contributed by atoms with van der Waals surface area (Å²) in [4.78, 5) is 12.0. The van der Waals surface area contributed by atoms with E-state index in [-0.39, 0.29) is 18.3 Å². The summed E-state index contributed by atoms with van der Waals surface area (Å²) in [7, 11) is 0. The predicted molar refractivity (Wildman–Crippen MR) is 87.7 cm³/mol. The van der Waals surface area contributed by atoms with Crippen molar-refractivity contribution in [2.24, 2.45) is 23.7 Å². The molecule has 5 aliphatic rings. The molecule has 4 aliphatic heterocycles. The van der Waals surface area contributed by atoms with Crippen LogP contribution in [0.1, 0.15) is 66.7 Å². The molecule has 0 amide bonds. The van der Waals surface area contributed by atoms with Gasteiger partial charge in [0, 0.05) is 18.3 Å². The second-order valence-corrected chi connectivity index (χ2v) is 8.63. The first-order valence-electron chi connectivity index (χ1n) is 9.75. The quantitative estimate of drug-likeness (QED) is 0.727. The lowest BCUT2D eigenvalue weighted by Crippen LogP contribution is -2.70. The van der Waals surface area contributed by atoms with Gasteiger partial charge in [-0.3, -0.25) is 0 Å². The van der Waals surface area contributed by atoms with Crippen molar-refractivity contribution in [3.63, 3.8) is 0 Å². The van der Waals surface area contributed by atoms with Crippen molar-refractivity contribution in [2.45, 2.75) is 96.8 Å². The molecular weight excluding hydrogens is 308 g/mol. The Hall–Kier alpha value is -0.200. The summed E-state index contributed by atoms with van der Waals surface area (Å²) in [6.07, 6.45) is 4.78. The minimum atomic E-state index is -0.709. The van der Waals surface area contributed by atoms with Gasteiger partial charge < -0.3 is 14.2 Å². The minimum absolute atomic E-state index is 0.181. The molecule has 0 radical (unpaired) electrons. The van der Waals surface area contributed by atoms with Crippen molar-refractivity contribution in [1.82, 2.24) is 0 Å². The highest BCUT2D eigenvalue weighted by molar-refractivity contribution is 5.09. The monoisotopic (exact) mass is 340 g/mol. The molecular formula is C19H32O5. The molecule has 138 valence electrons. The zero-order chi connectivity index (χ0) is 17.1. The lowest BCUT2D eigenvalue weighted by Gasteiger charge is -2.60. The fourth-order valence-electron chi connectivity index (χ4n) is 5.35. The largest absolute Gasteiger partial charge is 0.349 e. The Morgan fingerprint density at radius 3 is 2.67 bits per heavy atom. The molecule has 1 saturated carbocycles. The van der Waals surface area contributed by atoms with Gasteiger partial charge in [-0.15, -0.1) is 0 Å². The van der Waals surface area contributed by atoms with Crippen LogP contribution in [-0.2, 0) is 24.0 Å². The summed E-state index contributed by atoms with van der Waals surface area (Å²) in [5, 5.41) is 0.